The molecule has 0 radical (unpaired) electrons. The summed E-state index contributed by atoms with van der Waals surface area (Å²) in [6.45, 7) is 1.49. The Morgan fingerprint density at radius 1 is 1.50 bits per heavy atom. The van der Waals surface area contributed by atoms with Gasteiger partial charge in [0.2, 0.25) is 0 Å². The average molecular weight is 217 g/mol. The van der Waals surface area contributed by atoms with Crippen molar-refractivity contribution >= 4 is 12.0 Å². The molecule has 0 aliphatic heterocycles. The minimum atomic E-state index is -0.753. The standard InChI is InChI=1S/C12H11NO3/c1-9(8-13)16-12(15)7-4-10-2-5-11(14)6-3-10/h2-7,9,14H,1H3. The highest BCUT2D eigenvalue weighted by atomic mass is 16.5. The molecule has 1 unspecified atom stereocenters. The van der Waals surface area contributed by atoms with Crippen LogP contribution in [0.3, 0.4) is 0 Å². The van der Waals surface area contributed by atoms with E-state index in [0.717, 1.165) is 5.56 Å². The first-order valence-electron chi connectivity index (χ1n) is 4.69. The number of carbonyl (C=O) groups excluding carboxylic acids is 1. The van der Waals surface area contributed by atoms with E-state index in [1.807, 2.05) is 0 Å². The molecule has 16 heavy (non-hydrogen) atoms. The molecule has 1 atom stereocenters. The van der Waals surface area contributed by atoms with E-state index in [9.17, 15) is 4.79 Å². The Morgan fingerprint density at radius 3 is 2.69 bits per heavy atom. The molecule has 82 valence electrons. The van der Waals surface area contributed by atoms with Gasteiger partial charge in [-0.25, -0.2) is 4.79 Å². The Labute approximate surface area is 93.4 Å². The van der Waals surface area contributed by atoms with Crippen molar-refractivity contribution in [2.45, 2.75) is 13.0 Å². The van der Waals surface area contributed by atoms with E-state index in [-0.39, 0.29) is 5.75 Å². The predicted octanol–water partition coefficient (Wildman–Crippen LogP) is 1.86. The second-order valence-electron chi connectivity index (χ2n) is 3.13. The summed E-state index contributed by atoms with van der Waals surface area (Å²) >= 11 is 0. The van der Waals surface area contributed by atoms with Crippen LogP contribution in [0.1, 0.15) is 12.5 Å². The van der Waals surface area contributed by atoms with E-state index in [1.54, 1.807) is 24.3 Å². The zero-order valence-electron chi connectivity index (χ0n) is 8.75. The number of esters is 1. The number of nitrogens with zero attached hydrogens (tertiary/aromatic N) is 1. The van der Waals surface area contributed by atoms with Crippen LogP contribution in [0.4, 0.5) is 0 Å². The van der Waals surface area contributed by atoms with Gasteiger partial charge in [-0.3, -0.25) is 0 Å². The lowest BCUT2D eigenvalue weighted by Crippen LogP contribution is -2.10. The normalized spacial score (nSPS) is 12.0. The zero-order valence-corrected chi connectivity index (χ0v) is 8.75. The third-order valence-corrected chi connectivity index (χ3v) is 1.78. The SMILES string of the molecule is CC(C#N)OC(=O)C=Cc1ccc(O)cc1. The maximum atomic E-state index is 11.1. The van der Waals surface area contributed by atoms with E-state index in [4.69, 9.17) is 15.1 Å². The van der Waals surface area contributed by atoms with Crippen LogP contribution in [-0.2, 0) is 9.53 Å². The van der Waals surface area contributed by atoms with Crippen LogP contribution in [0, 0.1) is 11.3 Å². The number of nitriles is 1. The molecule has 0 aliphatic rings. The number of rotatable bonds is 3. The highest BCUT2D eigenvalue weighted by Crippen LogP contribution is 2.10. The summed E-state index contributed by atoms with van der Waals surface area (Å²) in [5.41, 5.74) is 0.763. The zero-order chi connectivity index (χ0) is 12.0. The van der Waals surface area contributed by atoms with Crippen LogP contribution in [0.25, 0.3) is 6.08 Å². The summed E-state index contributed by atoms with van der Waals surface area (Å²) in [6.07, 6.45) is 2.03. The fraction of sp³-hybridized carbons (Fsp3) is 0.167. The summed E-state index contributed by atoms with van der Waals surface area (Å²) in [4.78, 5) is 11.1. The van der Waals surface area contributed by atoms with Crippen molar-refractivity contribution in [3.05, 3.63) is 35.9 Å². The van der Waals surface area contributed by atoms with E-state index >= 15 is 0 Å². The first-order chi connectivity index (χ1) is 7.61. The van der Waals surface area contributed by atoms with Gasteiger partial charge >= 0.3 is 5.97 Å². The van der Waals surface area contributed by atoms with Gasteiger partial charge in [0, 0.05) is 6.08 Å². The molecule has 0 aliphatic carbocycles. The monoisotopic (exact) mass is 217 g/mol. The molecule has 0 saturated heterocycles. The molecule has 0 aromatic heterocycles. The number of ether oxygens (including phenoxy) is 1. The van der Waals surface area contributed by atoms with Crippen molar-refractivity contribution in [3.8, 4) is 11.8 Å². The molecule has 4 heteroatoms. The smallest absolute Gasteiger partial charge is 0.332 e. The molecule has 0 spiro atoms. The van der Waals surface area contributed by atoms with Crippen LogP contribution in [0.5, 0.6) is 5.75 Å². The van der Waals surface area contributed by atoms with Gasteiger partial charge in [-0.05, 0) is 30.7 Å². The highest BCUT2D eigenvalue weighted by Gasteiger charge is 2.03. The van der Waals surface area contributed by atoms with Crippen molar-refractivity contribution in [3.63, 3.8) is 0 Å². The van der Waals surface area contributed by atoms with Crippen molar-refractivity contribution < 1.29 is 14.6 Å². The predicted molar refractivity (Wildman–Crippen MR) is 58.3 cm³/mol. The number of hydrogen-bond acceptors (Lipinski definition) is 4. The van der Waals surface area contributed by atoms with Crippen molar-refractivity contribution in [2.75, 3.05) is 0 Å². The Kier molecular flexibility index (Phi) is 4.10. The largest absolute Gasteiger partial charge is 0.508 e. The van der Waals surface area contributed by atoms with Gasteiger partial charge in [-0.1, -0.05) is 12.1 Å². The van der Waals surface area contributed by atoms with Gasteiger partial charge in [-0.15, -0.1) is 0 Å². The average Bonchev–Trinajstić information content (AvgIpc) is 2.28. The molecule has 0 bridgehead atoms. The lowest BCUT2D eigenvalue weighted by molar-refractivity contribution is -0.139. The molecule has 1 aromatic rings. The molecule has 1 aromatic carbocycles. The summed E-state index contributed by atoms with van der Waals surface area (Å²) in [7, 11) is 0. The lowest BCUT2D eigenvalue weighted by atomic mass is 10.2. The molecule has 0 fully saturated rings. The molecule has 0 saturated carbocycles. The van der Waals surface area contributed by atoms with Crippen molar-refractivity contribution in [1.82, 2.24) is 0 Å². The summed E-state index contributed by atoms with van der Waals surface area (Å²) < 4.78 is 4.71. The quantitative estimate of drug-likeness (QED) is 0.619. The van der Waals surface area contributed by atoms with E-state index in [2.05, 4.69) is 0 Å². The second kappa shape index (κ2) is 5.56. The minimum absolute atomic E-state index is 0.165. The molecule has 0 heterocycles. The fourth-order valence-electron chi connectivity index (χ4n) is 0.990. The van der Waals surface area contributed by atoms with Crippen LogP contribution < -0.4 is 0 Å². The summed E-state index contributed by atoms with van der Waals surface area (Å²) in [6, 6.07) is 8.14. The molecule has 1 rings (SSSR count). The second-order valence-corrected chi connectivity index (χ2v) is 3.13. The highest BCUT2D eigenvalue weighted by molar-refractivity contribution is 5.87. The first kappa shape index (κ1) is 11.8. The number of aromatic hydroxyl groups is 1. The molecule has 4 nitrogen and oxygen atoms in total. The molecular formula is C12H11NO3. The molecular weight excluding hydrogens is 206 g/mol. The van der Waals surface area contributed by atoms with E-state index < -0.39 is 12.1 Å². The Balaban J connectivity index is 2.57. The van der Waals surface area contributed by atoms with Gasteiger partial charge < -0.3 is 9.84 Å². The Hall–Kier alpha value is -2.28. The van der Waals surface area contributed by atoms with Gasteiger partial charge in [0.15, 0.2) is 6.10 Å². The van der Waals surface area contributed by atoms with Crippen molar-refractivity contribution in [2.24, 2.45) is 0 Å². The van der Waals surface area contributed by atoms with Crippen LogP contribution in [0.2, 0.25) is 0 Å². The van der Waals surface area contributed by atoms with Gasteiger partial charge in [0.1, 0.15) is 11.8 Å². The van der Waals surface area contributed by atoms with Crippen LogP contribution in [-0.4, -0.2) is 17.2 Å². The van der Waals surface area contributed by atoms with Gasteiger partial charge in [0.05, 0.1) is 0 Å². The Bertz CT molecular complexity index is 429. The van der Waals surface area contributed by atoms with Gasteiger partial charge in [-0.2, -0.15) is 5.26 Å². The number of phenols is 1. The summed E-state index contributed by atoms with van der Waals surface area (Å²) in [5.74, 6) is -0.403. The van der Waals surface area contributed by atoms with E-state index in [1.165, 1.54) is 25.1 Å². The first-order valence-corrected chi connectivity index (χ1v) is 4.69. The third-order valence-electron chi connectivity index (χ3n) is 1.78. The Morgan fingerprint density at radius 2 is 2.12 bits per heavy atom. The third kappa shape index (κ3) is 3.84. The van der Waals surface area contributed by atoms with E-state index in [0.29, 0.717) is 0 Å². The molecule has 0 amide bonds. The topological polar surface area (TPSA) is 70.3 Å². The maximum Gasteiger partial charge on any atom is 0.332 e. The number of carbonyl (C=O) groups is 1. The molecule has 1 N–H and O–H groups in total. The van der Waals surface area contributed by atoms with Gasteiger partial charge in [0.25, 0.3) is 0 Å². The maximum absolute atomic E-state index is 11.1. The van der Waals surface area contributed by atoms with Crippen LogP contribution >= 0.6 is 0 Å². The van der Waals surface area contributed by atoms with Crippen molar-refractivity contribution in [1.29, 1.82) is 5.26 Å². The number of phenolic OH excluding ortho intramolecular Hbond substituents is 1. The fourth-order valence-corrected chi connectivity index (χ4v) is 0.990. The van der Waals surface area contributed by atoms with Crippen LogP contribution in [0.15, 0.2) is 30.3 Å². The summed E-state index contributed by atoms with van der Waals surface area (Å²) in [5, 5.41) is 17.5. The lowest BCUT2D eigenvalue weighted by Gasteiger charge is -2.01. The minimum Gasteiger partial charge on any atom is -0.508 e. The number of hydrogen-bond donors (Lipinski definition) is 1. The number of benzene rings is 1.